The van der Waals surface area contributed by atoms with Gasteiger partial charge in [-0.3, -0.25) is 0 Å². The largest absolute Gasteiger partial charge is 0.330 e. The van der Waals surface area contributed by atoms with Crippen LogP contribution in [0.4, 0.5) is 0 Å². The summed E-state index contributed by atoms with van der Waals surface area (Å²) < 4.78 is 2.27. The third kappa shape index (κ3) is 1.02. The van der Waals surface area contributed by atoms with Gasteiger partial charge in [-0.1, -0.05) is 12.2 Å². The van der Waals surface area contributed by atoms with Crippen LogP contribution in [0, 0.1) is 4.64 Å². The monoisotopic (exact) mass is 200 g/mol. The summed E-state index contributed by atoms with van der Waals surface area (Å²) in [6, 6.07) is 0. The molecule has 0 fully saturated rings. The minimum atomic E-state index is 0.270. The van der Waals surface area contributed by atoms with E-state index in [1.165, 1.54) is 0 Å². The van der Waals surface area contributed by atoms with Gasteiger partial charge in [0.1, 0.15) is 5.52 Å². The van der Waals surface area contributed by atoms with Gasteiger partial charge in [0.05, 0.1) is 6.33 Å². The molecule has 0 spiro atoms. The molecule has 2 rings (SSSR count). The summed E-state index contributed by atoms with van der Waals surface area (Å²) in [5.41, 5.74) is 1.47. The Morgan fingerprint density at radius 1 is 1.67 bits per heavy atom. The number of rotatable bonds is 0. The number of H-pyrrole nitrogens is 1. The van der Waals surface area contributed by atoms with Gasteiger partial charge < -0.3 is 9.55 Å². The second kappa shape index (κ2) is 2.53. The van der Waals surface area contributed by atoms with E-state index in [1.807, 2.05) is 7.05 Å². The molecule has 0 aromatic carbocycles. The van der Waals surface area contributed by atoms with Crippen LogP contribution in [-0.4, -0.2) is 19.5 Å². The van der Waals surface area contributed by atoms with Gasteiger partial charge in [-0.05, 0) is 11.6 Å². The highest BCUT2D eigenvalue weighted by Crippen LogP contribution is 2.11. The van der Waals surface area contributed by atoms with Crippen molar-refractivity contribution in [3.05, 3.63) is 16.3 Å². The molecule has 12 heavy (non-hydrogen) atoms. The predicted octanol–water partition coefficient (Wildman–Crippen LogP) is 1.68. The van der Waals surface area contributed by atoms with Crippen LogP contribution in [0.3, 0.4) is 0 Å². The highest BCUT2D eigenvalue weighted by Gasteiger charge is 2.03. The van der Waals surface area contributed by atoms with Crippen LogP contribution < -0.4 is 0 Å². The van der Waals surface area contributed by atoms with Gasteiger partial charge >= 0.3 is 0 Å². The van der Waals surface area contributed by atoms with E-state index in [-0.39, 0.29) is 5.28 Å². The van der Waals surface area contributed by atoms with E-state index >= 15 is 0 Å². The Kier molecular flexibility index (Phi) is 1.62. The van der Waals surface area contributed by atoms with Crippen LogP contribution in [0.5, 0.6) is 0 Å². The fraction of sp³-hybridized carbons (Fsp3) is 0.167. The van der Waals surface area contributed by atoms with E-state index < -0.39 is 0 Å². The van der Waals surface area contributed by atoms with E-state index in [9.17, 15) is 0 Å². The van der Waals surface area contributed by atoms with E-state index in [2.05, 4.69) is 15.0 Å². The molecule has 0 unspecified atom stereocenters. The predicted molar refractivity (Wildman–Crippen MR) is 48.7 cm³/mol. The molecule has 4 nitrogen and oxygen atoms in total. The number of hydrogen-bond donors (Lipinski definition) is 1. The number of hydrogen-bond acceptors (Lipinski definition) is 3. The van der Waals surface area contributed by atoms with Gasteiger partial charge in [-0.2, -0.15) is 0 Å². The Balaban J connectivity index is 3.03. The summed E-state index contributed by atoms with van der Waals surface area (Å²) in [5, 5.41) is 0.270. The first-order valence-corrected chi connectivity index (χ1v) is 4.04. The summed E-state index contributed by atoms with van der Waals surface area (Å²) in [7, 11) is 1.86. The molecule has 2 aromatic heterocycles. The van der Waals surface area contributed by atoms with Gasteiger partial charge in [0.2, 0.25) is 5.28 Å². The number of aromatic amines is 1. The van der Waals surface area contributed by atoms with Crippen molar-refractivity contribution in [1.82, 2.24) is 19.5 Å². The molecule has 2 heterocycles. The van der Waals surface area contributed by atoms with Gasteiger partial charge in [0.15, 0.2) is 10.3 Å². The molecular weight excluding hydrogens is 196 g/mol. The van der Waals surface area contributed by atoms with Crippen molar-refractivity contribution in [3.63, 3.8) is 0 Å². The summed E-state index contributed by atoms with van der Waals surface area (Å²) in [6.07, 6.45) is 1.66. The molecule has 1 N–H and O–H groups in total. The molecule has 0 aliphatic carbocycles. The summed E-state index contributed by atoms with van der Waals surface area (Å²) in [4.78, 5) is 10.8. The zero-order valence-electron chi connectivity index (χ0n) is 6.21. The number of imidazole rings is 1. The van der Waals surface area contributed by atoms with E-state index in [4.69, 9.17) is 23.8 Å². The number of aryl methyl sites for hydroxylation is 1. The second-order valence-electron chi connectivity index (χ2n) is 2.39. The quantitative estimate of drug-likeness (QED) is 0.520. The first-order valence-electron chi connectivity index (χ1n) is 3.25. The van der Waals surface area contributed by atoms with Crippen molar-refractivity contribution < 1.29 is 0 Å². The smallest absolute Gasteiger partial charge is 0.203 e. The van der Waals surface area contributed by atoms with Crippen LogP contribution in [0.1, 0.15) is 0 Å². The lowest BCUT2D eigenvalue weighted by atomic mass is 10.5. The first-order chi connectivity index (χ1) is 5.68. The lowest BCUT2D eigenvalue weighted by Crippen LogP contribution is -1.89. The molecule has 0 saturated carbocycles. The molecule has 0 aliphatic rings. The highest BCUT2D eigenvalue weighted by molar-refractivity contribution is 7.71. The van der Waals surface area contributed by atoms with Gasteiger partial charge in [0.25, 0.3) is 0 Å². The lowest BCUT2D eigenvalue weighted by Gasteiger charge is -1.93. The van der Waals surface area contributed by atoms with E-state index in [0.717, 1.165) is 5.52 Å². The molecule has 6 heteroatoms. The van der Waals surface area contributed by atoms with E-state index in [1.54, 1.807) is 10.9 Å². The minimum absolute atomic E-state index is 0.270. The number of fused-ring (bicyclic) bond motifs is 1. The van der Waals surface area contributed by atoms with Gasteiger partial charge in [-0.25, -0.2) is 9.97 Å². The number of nitrogens with zero attached hydrogens (tertiary/aromatic N) is 3. The maximum Gasteiger partial charge on any atom is 0.203 e. The lowest BCUT2D eigenvalue weighted by molar-refractivity contribution is 0.942. The third-order valence-corrected chi connectivity index (χ3v) is 2.02. The van der Waals surface area contributed by atoms with Crippen molar-refractivity contribution >= 4 is 35.0 Å². The maximum atomic E-state index is 5.65. The topological polar surface area (TPSA) is 46.5 Å². The summed E-state index contributed by atoms with van der Waals surface area (Å²) in [6.45, 7) is 0. The maximum absolute atomic E-state index is 5.65. The van der Waals surface area contributed by atoms with Crippen LogP contribution in [0.25, 0.3) is 11.2 Å². The van der Waals surface area contributed by atoms with Gasteiger partial charge in [-0.15, -0.1) is 0 Å². The fourth-order valence-corrected chi connectivity index (χ4v) is 1.60. The normalized spacial score (nSPS) is 10.8. The number of nitrogens with one attached hydrogen (secondary N) is 1. The molecule has 0 radical (unpaired) electrons. The molecule has 0 amide bonds. The van der Waals surface area contributed by atoms with Crippen molar-refractivity contribution in [2.45, 2.75) is 0 Å². The molecule has 0 atom stereocenters. The van der Waals surface area contributed by atoms with Gasteiger partial charge in [0, 0.05) is 7.05 Å². The fourth-order valence-electron chi connectivity index (χ4n) is 1.04. The Hall–Kier alpha value is -0.940. The van der Waals surface area contributed by atoms with Crippen molar-refractivity contribution in [3.8, 4) is 0 Å². The molecule has 0 aliphatic heterocycles. The van der Waals surface area contributed by atoms with Crippen molar-refractivity contribution in [2.75, 3.05) is 0 Å². The average Bonchev–Trinajstić information content (AvgIpc) is 2.31. The minimum Gasteiger partial charge on any atom is -0.330 e. The third-order valence-electron chi connectivity index (χ3n) is 1.56. The Morgan fingerprint density at radius 3 is 3.17 bits per heavy atom. The Labute approximate surface area is 78.2 Å². The van der Waals surface area contributed by atoms with Crippen molar-refractivity contribution in [1.29, 1.82) is 0 Å². The number of halogens is 1. The van der Waals surface area contributed by atoms with E-state index in [0.29, 0.717) is 10.3 Å². The zero-order valence-corrected chi connectivity index (χ0v) is 7.78. The highest BCUT2D eigenvalue weighted by atomic mass is 35.5. The molecule has 0 saturated heterocycles. The Bertz CT molecular complexity index is 486. The second-order valence-corrected chi connectivity index (χ2v) is 3.13. The molecular formula is C6H5ClN4S. The van der Waals surface area contributed by atoms with Crippen LogP contribution in [0.15, 0.2) is 6.33 Å². The van der Waals surface area contributed by atoms with Crippen LogP contribution in [-0.2, 0) is 7.05 Å². The van der Waals surface area contributed by atoms with Crippen LogP contribution in [0.2, 0.25) is 5.28 Å². The number of aromatic nitrogens is 4. The Morgan fingerprint density at radius 2 is 2.42 bits per heavy atom. The van der Waals surface area contributed by atoms with Crippen LogP contribution >= 0.6 is 23.8 Å². The summed E-state index contributed by atoms with van der Waals surface area (Å²) in [5.74, 6) is 0. The van der Waals surface area contributed by atoms with Crippen molar-refractivity contribution in [2.24, 2.45) is 7.05 Å². The molecule has 62 valence electrons. The molecule has 0 bridgehead atoms. The average molecular weight is 201 g/mol. The standard InChI is InChI=1S/C6H5ClN4S/c1-11-2-8-4-3(11)5(12)10-6(7)9-4/h2H,1H3,(H,9,10,12). The molecule has 2 aromatic rings. The summed E-state index contributed by atoms with van der Waals surface area (Å²) >= 11 is 10.7. The first kappa shape index (κ1) is 7.70. The zero-order chi connectivity index (χ0) is 8.72. The SMILES string of the molecule is Cn1cnc2[nH]c(Cl)nc(=S)c21.